The molecule has 240 valence electrons. The van der Waals surface area contributed by atoms with E-state index in [1.807, 2.05) is 0 Å². The van der Waals surface area contributed by atoms with E-state index in [1.165, 1.54) is 76.1 Å². The van der Waals surface area contributed by atoms with Gasteiger partial charge in [0.2, 0.25) is 0 Å². The number of nitrogens with one attached hydrogen (secondary N) is 1. The van der Waals surface area contributed by atoms with Gasteiger partial charge in [0.25, 0.3) is 21.6 Å². The molecule has 0 saturated heterocycles. The molecule has 13 nitrogen and oxygen atoms in total. The lowest BCUT2D eigenvalue weighted by atomic mass is 10.2. The monoisotopic (exact) mass is 668 g/mol. The maximum atomic E-state index is 13.9. The van der Waals surface area contributed by atoms with E-state index in [2.05, 4.69) is 10.5 Å². The molecule has 0 radical (unpaired) electrons. The standard InChI is InChI=1S/C31H29ClN4O9S/c1-42-28-14-8-23(32)16-27(28)35(46(40,41)26-13-15-29(43-2)30(17-26)44-3)19-31(37)34-33-18-21-6-11-25(12-7-21)45-20-22-4-9-24(10-5-22)36(38)39/h4-18H,19-20H2,1-3H3,(H,34,37)/b33-18-. The molecule has 0 aliphatic carbocycles. The quantitative estimate of drug-likeness (QED) is 0.108. The average molecular weight is 669 g/mol. The highest BCUT2D eigenvalue weighted by Crippen LogP contribution is 2.37. The highest BCUT2D eigenvalue weighted by Gasteiger charge is 2.30. The van der Waals surface area contributed by atoms with Gasteiger partial charge in [0.05, 0.1) is 43.1 Å². The van der Waals surface area contributed by atoms with E-state index in [9.17, 15) is 23.3 Å². The fourth-order valence-electron chi connectivity index (χ4n) is 4.14. The summed E-state index contributed by atoms with van der Waals surface area (Å²) in [5.41, 5.74) is 3.76. The van der Waals surface area contributed by atoms with Crippen molar-refractivity contribution < 1.29 is 37.1 Å². The zero-order valence-electron chi connectivity index (χ0n) is 24.9. The van der Waals surface area contributed by atoms with Gasteiger partial charge in [-0.2, -0.15) is 5.10 Å². The van der Waals surface area contributed by atoms with Gasteiger partial charge in [-0.1, -0.05) is 11.6 Å². The molecule has 0 aromatic heterocycles. The van der Waals surface area contributed by atoms with Gasteiger partial charge in [-0.05, 0) is 77.9 Å². The van der Waals surface area contributed by atoms with Crippen molar-refractivity contribution in [1.82, 2.24) is 5.43 Å². The summed E-state index contributed by atoms with van der Waals surface area (Å²) in [5.74, 6) is 0.472. The molecule has 46 heavy (non-hydrogen) atoms. The van der Waals surface area contributed by atoms with E-state index in [0.29, 0.717) is 17.1 Å². The van der Waals surface area contributed by atoms with E-state index < -0.39 is 27.4 Å². The predicted molar refractivity (Wildman–Crippen MR) is 172 cm³/mol. The Morgan fingerprint density at radius 1 is 0.913 bits per heavy atom. The Morgan fingerprint density at radius 3 is 2.20 bits per heavy atom. The molecule has 1 amide bonds. The Balaban J connectivity index is 1.47. The van der Waals surface area contributed by atoms with Crippen LogP contribution < -0.4 is 28.7 Å². The van der Waals surface area contributed by atoms with E-state index >= 15 is 0 Å². The Hall–Kier alpha value is -5.34. The van der Waals surface area contributed by atoms with Crippen molar-refractivity contribution in [2.75, 3.05) is 32.2 Å². The summed E-state index contributed by atoms with van der Waals surface area (Å²) in [4.78, 5) is 23.2. The summed E-state index contributed by atoms with van der Waals surface area (Å²) in [5, 5.41) is 15.0. The summed E-state index contributed by atoms with van der Waals surface area (Å²) in [7, 11) is -0.203. The molecule has 0 bridgehead atoms. The minimum atomic E-state index is -4.37. The van der Waals surface area contributed by atoms with Gasteiger partial charge in [0.1, 0.15) is 24.7 Å². The first-order chi connectivity index (χ1) is 22.0. The fraction of sp³-hybridized carbons (Fsp3) is 0.161. The lowest BCUT2D eigenvalue weighted by Gasteiger charge is -2.25. The zero-order valence-corrected chi connectivity index (χ0v) is 26.4. The number of ether oxygens (including phenoxy) is 4. The summed E-state index contributed by atoms with van der Waals surface area (Å²) in [6.07, 6.45) is 1.38. The maximum Gasteiger partial charge on any atom is 0.269 e. The number of rotatable bonds is 14. The highest BCUT2D eigenvalue weighted by atomic mass is 35.5. The Bertz CT molecular complexity index is 1830. The van der Waals surface area contributed by atoms with Crippen molar-refractivity contribution in [3.05, 3.63) is 111 Å². The molecular weight excluding hydrogens is 640 g/mol. The first kappa shape index (κ1) is 33.6. The fourth-order valence-corrected chi connectivity index (χ4v) is 5.74. The van der Waals surface area contributed by atoms with Crippen LogP contribution in [0.4, 0.5) is 11.4 Å². The number of nitro groups is 1. The van der Waals surface area contributed by atoms with Crippen LogP contribution in [0.3, 0.4) is 0 Å². The third-order valence-corrected chi connectivity index (χ3v) is 8.47. The molecule has 0 unspecified atom stereocenters. The number of amides is 1. The lowest BCUT2D eigenvalue weighted by Crippen LogP contribution is -2.39. The van der Waals surface area contributed by atoms with Crippen LogP contribution in [-0.2, 0) is 21.4 Å². The van der Waals surface area contributed by atoms with Gasteiger partial charge in [0, 0.05) is 23.2 Å². The van der Waals surface area contributed by atoms with E-state index in [4.69, 9.17) is 30.5 Å². The van der Waals surface area contributed by atoms with Crippen LogP contribution in [0.15, 0.2) is 94.9 Å². The van der Waals surface area contributed by atoms with Crippen molar-refractivity contribution in [2.24, 2.45) is 5.10 Å². The molecule has 4 aromatic carbocycles. The number of carbonyl (C=O) groups excluding carboxylic acids is 1. The number of nitrogens with zero attached hydrogens (tertiary/aromatic N) is 3. The van der Waals surface area contributed by atoms with Crippen molar-refractivity contribution in [3.63, 3.8) is 0 Å². The van der Waals surface area contributed by atoms with Crippen LogP contribution in [0, 0.1) is 10.1 Å². The first-order valence-electron chi connectivity index (χ1n) is 13.4. The average Bonchev–Trinajstić information content (AvgIpc) is 3.06. The molecule has 0 aliphatic rings. The minimum absolute atomic E-state index is 0.00379. The largest absolute Gasteiger partial charge is 0.495 e. The SMILES string of the molecule is COc1ccc(S(=O)(=O)N(CC(=O)N/N=C\c2ccc(OCc3ccc([N+](=O)[O-])cc3)cc2)c2cc(Cl)ccc2OC)cc1OC. The summed E-state index contributed by atoms with van der Waals surface area (Å²) in [6.45, 7) is -0.457. The number of hydrogen-bond acceptors (Lipinski definition) is 10. The third kappa shape index (κ3) is 8.22. The normalized spacial score (nSPS) is 11.1. The van der Waals surface area contributed by atoms with Crippen LogP contribution in [-0.4, -0.2) is 53.3 Å². The number of hydrogen-bond donors (Lipinski definition) is 1. The number of non-ortho nitro benzene ring substituents is 1. The number of carbonyl (C=O) groups is 1. The van der Waals surface area contributed by atoms with Gasteiger partial charge in [-0.3, -0.25) is 19.2 Å². The van der Waals surface area contributed by atoms with Gasteiger partial charge < -0.3 is 18.9 Å². The first-order valence-corrected chi connectivity index (χ1v) is 15.2. The number of anilines is 1. The van der Waals surface area contributed by atoms with E-state index in [1.54, 1.807) is 36.4 Å². The second-order valence-corrected chi connectivity index (χ2v) is 11.7. The molecule has 0 fully saturated rings. The molecule has 0 atom stereocenters. The maximum absolute atomic E-state index is 13.9. The summed E-state index contributed by atoms with van der Waals surface area (Å²) >= 11 is 6.20. The van der Waals surface area contributed by atoms with Crippen LogP contribution in [0.2, 0.25) is 5.02 Å². The summed E-state index contributed by atoms with van der Waals surface area (Å²) in [6, 6.07) is 21.3. The number of halogens is 1. The zero-order chi connectivity index (χ0) is 33.3. The van der Waals surface area contributed by atoms with Crippen molar-refractivity contribution in [3.8, 4) is 23.0 Å². The van der Waals surface area contributed by atoms with Gasteiger partial charge >= 0.3 is 0 Å². The van der Waals surface area contributed by atoms with Crippen LogP contribution in [0.5, 0.6) is 23.0 Å². The van der Waals surface area contributed by atoms with E-state index in [-0.39, 0.29) is 39.4 Å². The molecule has 4 rings (SSSR count). The van der Waals surface area contributed by atoms with Crippen molar-refractivity contribution in [2.45, 2.75) is 11.5 Å². The Kier molecular flexibility index (Phi) is 11.0. The minimum Gasteiger partial charge on any atom is -0.495 e. The van der Waals surface area contributed by atoms with Gasteiger partial charge in [-0.25, -0.2) is 13.8 Å². The molecule has 15 heteroatoms. The van der Waals surface area contributed by atoms with Crippen LogP contribution in [0.25, 0.3) is 0 Å². The van der Waals surface area contributed by atoms with E-state index in [0.717, 1.165) is 9.87 Å². The second kappa shape index (κ2) is 15.1. The molecule has 0 aliphatic heterocycles. The third-order valence-electron chi connectivity index (χ3n) is 6.48. The predicted octanol–water partition coefficient (Wildman–Crippen LogP) is 5.20. The number of nitro benzene ring substituents is 1. The number of sulfonamides is 1. The number of hydrazone groups is 1. The topological polar surface area (TPSA) is 159 Å². The molecule has 0 spiro atoms. The van der Waals surface area contributed by atoms with Gasteiger partial charge in [0.15, 0.2) is 11.5 Å². The lowest BCUT2D eigenvalue weighted by molar-refractivity contribution is -0.384. The van der Waals surface area contributed by atoms with Crippen molar-refractivity contribution in [1.29, 1.82) is 0 Å². The second-order valence-electron chi connectivity index (χ2n) is 9.42. The van der Waals surface area contributed by atoms with Crippen LogP contribution >= 0.6 is 11.6 Å². The molecule has 1 N–H and O–H groups in total. The molecular formula is C31H29ClN4O9S. The smallest absolute Gasteiger partial charge is 0.269 e. The number of methoxy groups -OCH3 is 3. The molecule has 4 aromatic rings. The Morgan fingerprint density at radius 2 is 1.57 bits per heavy atom. The molecule has 0 saturated carbocycles. The van der Waals surface area contributed by atoms with Crippen molar-refractivity contribution >= 4 is 45.1 Å². The number of benzene rings is 4. The molecule has 0 heterocycles. The van der Waals surface area contributed by atoms with Crippen LogP contribution in [0.1, 0.15) is 11.1 Å². The highest BCUT2D eigenvalue weighted by molar-refractivity contribution is 7.92. The summed E-state index contributed by atoms with van der Waals surface area (Å²) < 4.78 is 50.2. The van der Waals surface area contributed by atoms with Gasteiger partial charge in [-0.15, -0.1) is 0 Å². The Labute approximate surface area is 270 Å².